The van der Waals surface area contributed by atoms with Crippen molar-refractivity contribution in [3.05, 3.63) is 0 Å². The maximum absolute atomic E-state index is 13.2. The molecule has 1 saturated carbocycles. The number of alkyl carbamates (subject to hydrolysis) is 1. The monoisotopic (exact) mass is 398 g/mol. The summed E-state index contributed by atoms with van der Waals surface area (Å²) in [6, 6.07) is -0.778. The molecule has 1 aliphatic rings. The van der Waals surface area contributed by atoms with Gasteiger partial charge in [0.1, 0.15) is 18.2 Å². The van der Waals surface area contributed by atoms with Gasteiger partial charge in [-0.05, 0) is 58.3 Å². The summed E-state index contributed by atoms with van der Waals surface area (Å²) >= 11 is 0. The number of carboxylic acid groups (broad SMARTS) is 1. The number of carboxylic acids is 1. The van der Waals surface area contributed by atoms with Crippen LogP contribution in [0.2, 0.25) is 0 Å². The SMILES string of the molecule is CC(C)CC[C@H](NC(=O)OC(C)(C)C)C(=O)N(CC(=O)O)CC1CCCCC1. The molecule has 0 bridgehead atoms. The molecule has 1 atom stereocenters. The fraction of sp³-hybridized carbons (Fsp3) is 0.857. The Morgan fingerprint density at radius 2 is 1.71 bits per heavy atom. The van der Waals surface area contributed by atoms with E-state index in [1.54, 1.807) is 20.8 Å². The van der Waals surface area contributed by atoms with Gasteiger partial charge >= 0.3 is 12.1 Å². The predicted octanol–water partition coefficient (Wildman–Crippen LogP) is 3.81. The number of aliphatic carboxylic acids is 1. The first-order valence-corrected chi connectivity index (χ1v) is 10.5. The second kappa shape index (κ2) is 11.3. The lowest BCUT2D eigenvalue weighted by Gasteiger charge is -2.32. The highest BCUT2D eigenvalue weighted by Gasteiger charge is 2.30. The molecule has 1 fully saturated rings. The number of rotatable bonds is 9. The Kier molecular flexibility index (Phi) is 9.76. The van der Waals surface area contributed by atoms with Crippen molar-refractivity contribution in [3.8, 4) is 0 Å². The Balaban J connectivity index is 2.88. The van der Waals surface area contributed by atoms with Crippen LogP contribution >= 0.6 is 0 Å². The van der Waals surface area contributed by atoms with Crippen LogP contribution in [-0.2, 0) is 14.3 Å². The van der Waals surface area contributed by atoms with E-state index >= 15 is 0 Å². The first kappa shape index (κ1) is 24.2. The minimum absolute atomic E-state index is 0.323. The largest absolute Gasteiger partial charge is 0.480 e. The van der Waals surface area contributed by atoms with Gasteiger partial charge in [-0.25, -0.2) is 4.79 Å². The minimum atomic E-state index is -1.04. The molecule has 2 N–H and O–H groups in total. The molecule has 1 rings (SSSR count). The van der Waals surface area contributed by atoms with Crippen molar-refractivity contribution in [3.63, 3.8) is 0 Å². The smallest absolute Gasteiger partial charge is 0.408 e. The Bertz CT molecular complexity index is 521. The van der Waals surface area contributed by atoms with Crippen LogP contribution in [0.1, 0.15) is 79.6 Å². The summed E-state index contributed by atoms with van der Waals surface area (Å²) in [5.41, 5.74) is -0.668. The van der Waals surface area contributed by atoms with Crippen molar-refractivity contribution in [2.45, 2.75) is 91.2 Å². The molecule has 7 heteroatoms. The molecule has 0 unspecified atom stereocenters. The molecule has 0 aliphatic heterocycles. The highest BCUT2D eigenvalue weighted by molar-refractivity contribution is 5.88. The van der Waals surface area contributed by atoms with Gasteiger partial charge in [-0.1, -0.05) is 33.1 Å². The summed E-state index contributed by atoms with van der Waals surface area (Å²) in [7, 11) is 0. The highest BCUT2D eigenvalue weighted by Crippen LogP contribution is 2.25. The average Bonchev–Trinajstić information content (AvgIpc) is 2.56. The second-order valence-corrected chi connectivity index (χ2v) is 9.29. The van der Waals surface area contributed by atoms with Gasteiger partial charge in [-0.15, -0.1) is 0 Å². The lowest BCUT2D eigenvalue weighted by molar-refractivity contribution is -0.146. The first-order valence-electron chi connectivity index (χ1n) is 10.5. The minimum Gasteiger partial charge on any atom is -0.480 e. The zero-order chi connectivity index (χ0) is 21.3. The maximum atomic E-state index is 13.2. The Labute approximate surface area is 169 Å². The molecule has 162 valence electrons. The van der Waals surface area contributed by atoms with E-state index in [-0.39, 0.29) is 12.5 Å². The van der Waals surface area contributed by atoms with Gasteiger partial charge in [0.05, 0.1) is 0 Å². The van der Waals surface area contributed by atoms with E-state index in [1.807, 2.05) is 13.8 Å². The molecular weight excluding hydrogens is 360 g/mol. The fourth-order valence-corrected chi connectivity index (χ4v) is 3.50. The molecule has 28 heavy (non-hydrogen) atoms. The summed E-state index contributed by atoms with van der Waals surface area (Å²) in [6.45, 7) is 9.47. The standard InChI is InChI=1S/C21H38N2O5/c1-15(2)11-12-17(22-20(27)28-21(3,4)5)19(26)23(14-18(24)25)13-16-9-7-6-8-10-16/h15-17H,6-14H2,1-5H3,(H,22,27)(H,24,25)/t17-/m0/s1. The third-order valence-electron chi connectivity index (χ3n) is 4.86. The van der Waals surface area contributed by atoms with Crippen molar-refractivity contribution in [1.82, 2.24) is 10.2 Å². The van der Waals surface area contributed by atoms with Gasteiger partial charge in [0.25, 0.3) is 0 Å². The Morgan fingerprint density at radius 3 is 2.21 bits per heavy atom. The van der Waals surface area contributed by atoms with Gasteiger partial charge in [-0.2, -0.15) is 0 Å². The number of carbonyl (C=O) groups is 3. The molecule has 0 saturated heterocycles. The summed E-state index contributed by atoms with van der Waals surface area (Å²) in [6.07, 6.45) is 6.01. The van der Waals surface area contributed by atoms with Crippen molar-refractivity contribution in [2.24, 2.45) is 11.8 Å². The molecule has 7 nitrogen and oxygen atoms in total. The van der Waals surface area contributed by atoms with Crippen LogP contribution in [0.15, 0.2) is 0 Å². The van der Waals surface area contributed by atoms with Crippen LogP contribution in [0.4, 0.5) is 4.79 Å². The Morgan fingerprint density at radius 1 is 1.11 bits per heavy atom. The number of hydrogen-bond donors (Lipinski definition) is 2. The van der Waals surface area contributed by atoms with Crippen LogP contribution in [0.3, 0.4) is 0 Å². The molecule has 0 aromatic heterocycles. The first-order chi connectivity index (χ1) is 13.0. The van der Waals surface area contributed by atoms with Crippen molar-refractivity contribution in [2.75, 3.05) is 13.1 Å². The van der Waals surface area contributed by atoms with Crippen LogP contribution in [-0.4, -0.2) is 52.7 Å². The number of amides is 2. The molecule has 0 aromatic rings. The molecule has 0 heterocycles. The van der Waals surface area contributed by atoms with E-state index < -0.39 is 23.7 Å². The summed E-state index contributed by atoms with van der Waals surface area (Å²) in [5, 5.41) is 12.0. The van der Waals surface area contributed by atoms with Crippen molar-refractivity contribution in [1.29, 1.82) is 0 Å². The van der Waals surface area contributed by atoms with E-state index in [0.29, 0.717) is 24.8 Å². The van der Waals surface area contributed by atoms with E-state index in [2.05, 4.69) is 5.32 Å². The molecule has 0 aromatic carbocycles. The summed E-state index contributed by atoms with van der Waals surface area (Å²) in [4.78, 5) is 38.1. The number of nitrogens with zero attached hydrogens (tertiary/aromatic N) is 1. The van der Waals surface area contributed by atoms with E-state index in [9.17, 15) is 19.5 Å². The van der Waals surface area contributed by atoms with Crippen LogP contribution in [0.5, 0.6) is 0 Å². The van der Waals surface area contributed by atoms with E-state index in [0.717, 1.165) is 32.1 Å². The molecule has 1 aliphatic carbocycles. The van der Waals surface area contributed by atoms with Gasteiger partial charge in [0.2, 0.25) is 5.91 Å². The second-order valence-electron chi connectivity index (χ2n) is 9.29. The third kappa shape index (κ3) is 9.95. The third-order valence-corrected chi connectivity index (χ3v) is 4.86. The topological polar surface area (TPSA) is 95.9 Å². The zero-order valence-electron chi connectivity index (χ0n) is 18.1. The molecule has 2 amide bonds. The molecule has 0 spiro atoms. The highest BCUT2D eigenvalue weighted by atomic mass is 16.6. The lowest BCUT2D eigenvalue weighted by atomic mass is 9.88. The van der Waals surface area contributed by atoms with E-state index in [1.165, 1.54) is 11.3 Å². The number of ether oxygens (including phenoxy) is 1. The fourth-order valence-electron chi connectivity index (χ4n) is 3.50. The molecular formula is C21H38N2O5. The quantitative estimate of drug-likeness (QED) is 0.616. The molecule has 0 radical (unpaired) electrons. The number of carbonyl (C=O) groups excluding carboxylic acids is 2. The normalized spacial score (nSPS) is 16.5. The zero-order valence-corrected chi connectivity index (χ0v) is 18.1. The predicted molar refractivity (Wildman–Crippen MR) is 108 cm³/mol. The van der Waals surface area contributed by atoms with Crippen LogP contribution in [0.25, 0.3) is 0 Å². The van der Waals surface area contributed by atoms with Gasteiger partial charge in [-0.3, -0.25) is 9.59 Å². The van der Waals surface area contributed by atoms with E-state index in [4.69, 9.17) is 4.74 Å². The number of hydrogen-bond acceptors (Lipinski definition) is 4. The lowest BCUT2D eigenvalue weighted by Crippen LogP contribution is -2.52. The van der Waals surface area contributed by atoms with Crippen LogP contribution in [0, 0.1) is 11.8 Å². The maximum Gasteiger partial charge on any atom is 0.408 e. The number of nitrogens with one attached hydrogen (secondary N) is 1. The average molecular weight is 399 g/mol. The van der Waals surface area contributed by atoms with Gasteiger partial charge in [0.15, 0.2) is 0 Å². The van der Waals surface area contributed by atoms with Crippen LogP contribution < -0.4 is 5.32 Å². The summed E-state index contributed by atoms with van der Waals surface area (Å²) < 4.78 is 5.30. The Hall–Kier alpha value is -1.79. The van der Waals surface area contributed by atoms with Crippen molar-refractivity contribution >= 4 is 18.0 Å². The van der Waals surface area contributed by atoms with Crippen molar-refractivity contribution < 1.29 is 24.2 Å². The van der Waals surface area contributed by atoms with Gasteiger partial charge in [0, 0.05) is 6.54 Å². The summed E-state index contributed by atoms with van der Waals surface area (Å²) in [5.74, 6) is -0.685. The van der Waals surface area contributed by atoms with Gasteiger partial charge < -0.3 is 20.1 Å².